The van der Waals surface area contributed by atoms with Gasteiger partial charge in [-0.3, -0.25) is 9.40 Å². The SMILES string of the molecule is Cc1c(OC2CC(F)(F)CCC2c2ccnn2C)ccc(S(=O)(=O)Nc2ccncn2)c1F. The van der Waals surface area contributed by atoms with Crippen LogP contribution >= 0.6 is 0 Å². The van der Waals surface area contributed by atoms with E-state index in [4.69, 9.17) is 4.74 Å². The van der Waals surface area contributed by atoms with Gasteiger partial charge < -0.3 is 4.74 Å². The van der Waals surface area contributed by atoms with Crippen LogP contribution in [0.5, 0.6) is 5.75 Å². The number of nitrogens with zero attached hydrogens (tertiary/aromatic N) is 4. The Labute approximate surface area is 188 Å². The van der Waals surface area contributed by atoms with Crippen molar-refractivity contribution in [3.63, 3.8) is 0 Å². The van der Waals surface area contributed by atoms with Gasteiger partial charge in [0.25, 0.3) is 15.9 Å². The number of sulfonamides is 1. The van der Waals surface area contributed by atoms with Crippen LogP contribution in [0, 0.1) is 12.7 Å². The van der Waals surface area contributed by atoms with Crippen molar-refractivity contribution in [2.75, 3.05) is 4.72 Å². The molecular formula is C21H22F3N5O3S. The summed E-state index contributed by atoms with van der Waals surface area (Å²) in [7, 11) is -2.57. The Morgan fingerprint density at radius 2 is 2.00 bits per heavy atom. The van der Waals surface area contributed by atoms with Crippen LogP contribution in [0.3, 0.4) is 0 Å². The first kappa shape index (κ1) is 23.0. The second-order valence-electron chi connectivity index (χ2n) is 7.94. The molecule has 1 N–H and O–H groups in total. The van der Waals surface area contributed by atoms with Crippen molar-refractivity contribution in [3.05, 3.63) is 60.1 Å². The van der Waals surface area contributed by atoms with Crippen molar-refractivity contribution in [1.82, 2.24) is 19.7 Å². The first-order chi connectivity index (χ1) is 15.6. The molecule has 0 saturated heterocycles. The number of nitrogens with one attached hydrogen (secondary N) is 1. The Hall–Kier alpha value is -3.15. The van der Waals surface area contributed by atoms with E-state index < -0.39 is 39.2 Å². The number of rotatable bonds is 6. The summed E-state index contributed by atoms with van der Waals surface area (Å²) in [6.07, 6.45) is 2.46. The van der Waals surface area contributed by atoms with Gasteiger partial charge in [-0.05, 0) is 37.6 Å². The van der Waals surface area contributed by atoms with Crippen LogP contribution in [-0.4, -0.2) is 40.2 Å². The van der Waals surface area contributed by atoms with E-state index in [1.165, 1.54) is 25.3 Å². The highest BCUT2D eigenvalue weighted by Crippen LogP contribution is 2.43. The Balaban J connectivity index is 1.62. The second-order valence-corrected chi connectivity index (χ2v) is 9.59. The van der Waals surface area contributed by atoms with Crippen LogP contribution < -0.4 is 9.46 Å². The zero-order valence-electron chi connectivity index (χ0n) is 17.9. The number of halogens is 3. The third-order valence-corrected chi connectivity index (χ3v) is 7.07. The number of hydrogen-bond donors (Lipinski definition) is 1. The molecule has 4 rings (SSSR count). The molecule has 2 atom stereocenters. The Morgan fingerprint density at radius 1 is 1.21 bits per heavy atom. The summed E-state index contributed by atoms with van der Waals surface area (Å²) in [4.78, 5) is 6.85. The van der Waals surface area contributed by atoms with Crippen LogP contribution in [0.25, 0.3) is 0 Å². The molecule has 2 heterocycles. The van der Waals surface area contributed by atoms with Crippen molar-refractivity contribution in [2.24, 2.45) is 7.05 Å². The fraction of sp³-hybridized carbons (Fsp3) is 0.381. The number of benzene rings is 1. The second kappa shape index (κ2) is 8.65. The predicted octanol–water partition coefficient (Wildman–Crippen LogP) is 3.81. The van der Waals surface area contributed by atoms with E-state index in [0.29, 0.717) is 0 Å². The van der Waals surface area contributed by atoms with E-state index in [0.717, 1.165) is 18.1 Å². The minimum Gasteiger partial charge on any atom is -0.489 e. The summed E-state index contributed by atoms with van der Waals surface area (Å²) < 4.78 is 78.5. The van der Waals surface area contributed by atoms with Gasteiger partial charge in [0.05, 0.1) is 0 Å². The van der Waals surface area contributed by atoms with Gasteiger partial charge in [-0.25, -0.2) is 31.6 Å². The lowest BCUT2D eigenvalue weighted by atomic mass is 9.82. The van der Waals surface area contributed by atoms with Crippen molar-refractivity contribution in [1.29, 1.82) is 0 Å². The Kier molecular flexibility index (Phi) is 6.04. The molecule has 2 aromatic heterocycles. The number of aryl methyl sites for hydroxylation is 1. The number of alkyl halides is 2. The van der Waals surface area contributed by atoms with Crippen molar-refractivity contribution >= 4 is 15.8 Å². The number of ether oxygens (including phenoxy) is 1. The fourth-order valence-electron chi connectivity index (χ4n) is 3.99. The molecule has 1 aromatic carbocycles. The zero-order chi connectivity index (χ0) is 23.8. The minimum absolute atomic E-state index is 0.00311. The molecule has 8 nitrogen and oxygen atoms in total. The summed E-state index contributed by atoms with van der Waals surface area (Å²) in [5, 5.41) is 4.11. The lowest BCUT2D eigenvalue weighted by molar-refractivity contribution is -0.0782. The molecule has 3 aromatic rings. The van der Waals surface area contributed by atoms with E-state index in [9.17, 15) is 17.2 Å². The van der Waals surface area contributed by atoms with Crippen molar-refractivity contribution in [2.45, 2.75) is 49.0 Å². The van der Waals surface area contributed by atoms with Gasteiger partial charge >= 0.3 is 0 Å². The van der Waals surface area contributed by atoms with Gasteiger partial charge in [0, 0.05) is 49.5 Å². The molecule has 1 aliphatic rings. The third kappa shape index (κ3) is 4.80. The molecular weight excluding hydrogens is 459 g/mol. The van der Waals surface area contributed by atoms with E-state index in [1.54, 1.807) is 24.0 Å². The highest BCUT2D eigenvalue weighted by molar-refractivity contribution is 7.92. The van der Waals surface area contributed by atoms with E-state index in [1.807, 2.05) is 0 Å². The lowest BCUT2D eigenvalue weighted by Gasteiger charge is -2.36. The summed E-state index contributed by atoms with van der Waals surface area (Å²) in [6.45, 7) is 1.34. The van der Waals surface area contributed by atoms with Crippen LogP contribution in [0.1, 0.15) is 36.4 Å². The number of hydrogen-bond acceptors (Lipinski definition) is 6. The topological polar surface area (TPSA) is 99.0 Å². The minimum atomic E-state index is -4.29. The van der Waals surface area contributed by atoms with Crippen molar-refractivity contribution < 1.29 is 26.3 Å². The smallest absolute Gasteiger partial charge is 0.265 e. The Morgan fingerprint density at radius 3 is 2.67 bits per heavy atom. The molecule has 1 aliphatic carbocycles. The Bertz CT molecular complexity index is 1250. The molecule has 12 heteroatoms. The average Bonchev–Trinajstić information content (AvgIpc) is 3.17. The lowest BCUT2D eigenvalue weighted by Crippen LogP contribution is -2.39. The fourth-order valence-corrected chi connectivity index (χ4v) is 5.13. The maximum atomic E-state index is 15.1. The molecule has 1 fully saturated rings. The quantitative estimate of drug-likeness (QED) is 0.575. The summed E-state index contributed by atoms with van der Waals surface area (Å²) in [6, 6.07) is 5.38. The molecule has 2 unspecified atom stereocenters. The normalized spacial score (nSPS) is 20.4. The maximum Gasteiger partial charge on any atom is 0.265 e. The monoisotopic (exact) mass is 481 g/mol. The molecule has 0 bridgehead atoms. The highest BCUT2D eigenvalue weighted by Gasteiger charge is 2.44. The molecule has 0 radical (unpaired) electrons. The number of anilines is 1. The van der Waals surface area contributed by atoms with E-state index >= 15 is 4.39 Å². The summed E-state index contributed by atoms with van der Waals surface area (Å²) in [5.41, 5.74) is 0.639. The van der Waals surface area contributed by atoms with Crippen LogP contribution in [0.15, 0.2) is 47.9 Å². The van der Waals surface area contributed by atoms with Gasteiger partial charge in [-0.2, -0.15) is 5.10 Å². The molecule has 0 amide bonds. The van der Waals surface area contributed by atoms with Gasteiger partial charge in [0.1, 0.15) is 34.7 Å². The first-order valence-electron chi connectivity index (χ1n) is 10.2. The van der Waals surface area contributed by atoms with Crippen LogP contribution in [0.4, 0.5) is 19.0 Å². The summed E-state index contributed by atoms with van der Waals surface area (Å²) >= 11 is 0. The van der Waals surface area contributed by atoms with Crippen LogP contribution in [0.2, 0.25) is 0 Å². The zero-order valence-corrected chi connectivity index (χ0v) is 18.7. The van der Waals surface area contributed by atoms with Crippen LogP contribution in [-0.2, 0) is 17.1 Å². The molecule has 176 valence electrons. The maximum absolute atomic E-state index is 15.1. The van der Waals surface area contributed by atoms with Gasteiger partial charge in [0.2, 0.25) is 0 Å². The first-order valence-corrected chi connectivity index (χ1v) is 11.7. The number of aromatic nitrogens is 4. The van der Waals surface area contributed by atoms with E-state index in [2.05, 4.69) is 19.8 Å². The van der Waals surface area contributed by atoms with Gasteiger partial charge in [-0.1, -0.05) is 0 Å². The molecule has 33 heavy (non-hydrogen) atoms. The van der Waals surface area contributed by atoms with Gasteiger partial charge in [0.15, 0.2) is 0 Å². The largest absolute Gasteiger partial charge is 0.489 e. The standard InChI is InChI=1S/C21H22F3N5O3S/c1-13-16(3-4-18(20(13)22)33(30,31)28-19-7-9-25-12-26-19)32-17-11-21(23,24)8-5-14(17)15-6-10-27-29(15)2/h3-4,6-7,9-10,12,14,17H,5,8,11H2,1-2H3,(H,25,26,28). The predicted molar refractivity (Wildman–Crippen MR) is 113 cm³/mol. The molecule has 0 aliphatic heterocycles. The third-order valence-electron chi connectivity index (χ3n) is 5.70. The summed E-state index contributed by atoms with van der Waals surface area (Å²) in [5.74, 6) is -4.35. The molecule has 0 spiro atoms. The average molecular weight is 482 g/mol. The highest BCUT2D eigenvalue weighted by atomic mass is 32.2. The van der Waals surface area contributed by atoms with Gasteiger partial charge in [-0.15, -0.1) is 0 Å². The van der Waals surface area contributed by atoms with Crippen molar-refractivity contribution in [3.8, 4) is 5.75 Å². The van der Waals surface area contributed by atoms with E-state index in [-0.39, 0.29) is 35.9 Å². The molecule has 1 saturated carbocycles.